The van der Waals surface area contributed by atoms with Crippen molar-refractivity contribution in [2.75, 3.05) is 0 Å². The molecule has 1 aromatic carbocycles. The van der Waals surface area contributed by atoms with Gasteiger partial charge in [0.05, 0.1) is 24.6 Å². The Morgan fingerprint density at radius 2 is 2.09 bits per heavy atom. The lowest BCUT2D eigenvalue weighted by Crippen LogP contribution is -2.05. The highest BCUT2D eigenvalue weighted by Crippen LogP contribution is 2.30. The summed E-state index contributed by atoms with van der Waals surface area (Å²) in [6, 6.07) is 10.0. The summed E-state index contributed by atoms with van der Waals surface area (Å²) in [7, 11) is 0. The second-order valence-electron chi connectivity index (χ2n) is 5.37. The van der Waals surface area contributed by atoms with E-state index in [0.717, 1.165) is 21.0 Å². The Hall–Kier alpha value is -2.51. The number of aromatic nitrogens is 5. The van der Waals surface area contributed by atoms with Crippen LogP contribution in [0.5, 0.6) is 0 Å². The van der Waals surface area contributed by atoms with Crippen LogP contribution in [0, 0.1) is 6.92 Å². The zero-order valence-electron chi connectivity index (χ0n) is 12.5. The van der Waals surface area contributed by atoms with Gasteiger partial charge in [0.25, 0.3) is 0 Å². The smallest absolute Gasteiger partial charge is 0.141 e. The number of benzene rings is 1. The van der Waals surface area contributed by atoms with E-state index >= 15 is 0 Å². The molecule has 0 bridgehead atoms. The zero-order valence-corrected chi connectivity index (χ0v) is 13.3. The van der Waals surface area contributed by atoms with Gasteiger partial charge >= 0.3 is 0 Å². The van der Waals surface area contributed by atoms with Crippen molar-refractivity contribution >= 4 is 16.2 Å². The molecular formula is C16H15N5OS. The van der Waals surface area contributed by atoms with E-state index in [4.69, 9.17) is 0 Å². The molecule has 7 heteroatoms. The summed E-state index contributed by atoms with van der Waals surface area (Å²) in [5.41, 5.74) is 2.48. The van der Waals surface area contributed by atoms with Crippen molar-refractivity contribution in [3.63, 3.8) is 0 Å². The van der Waals surface area contributed by atoms with Gasteiger partial charge in [-0.2, -0.15) is 0 Å². The van der Waals surface area contributed by atoms with Crippen LogP contribution in [0.4, 0.5) is 0 Å². The van der Waals surface area contributed by atoms with Crippen molar-refractivity contribution in [3.05, 3.63) is 70.9 Å². The topological polar surface area (TPSA) is 68.2 Å². The van der Waals surface area contributed by atoms with Crippen molar-refractivity contribution in [1.29, 1.82) is 0 Å². The van der Waals surface area contributed by atoms with Crippen LogP contribution in [0.2, 0.25) is 0 Å². The molecule has 3 heterocycles. The predicted molar refractivity (Wildman–Crippen MR) is 87.4 cm³/mol. The summed E-state index contributed by atoms with van der Waals surface area (Å²) >= 11 is 1.60. The van der Waals surface area contributed by atoms with Crippen LogP contribution in [-0.4, -0.2) is 29.5 Å². The first kappa shape index (κ1) is 14.1. The molecule has 0 fully saturated rings. The largest absolute Gasteiger partial charge is 0.380 e. The van der Waals surface area contributed by atoms with Crippen molar-refractivity contribution in [2.24, 2.45) is 0 Å². The number of rotatable bonds is 4. The molecule has 23 heavy (non-hydrogen) atoms. The molecule has 0 aliphatic rings. The number of thiazole rings is 1. The molecule has 3 aromatic heterocycles. The normalized spacial score (nSPS) is 12.8. The Bertz CT molecular complexity index is 940. The van der Waals surface area contributed by atoms with E-state index in [2.05, 4.69) is 15.3 Å². The standard InChI is InChI=1S/C16H15N5OS/c1-11-15(21-10-17-7-14(21)23-11)16(22)13-9-20(19-18-13)8-12-5-3-2-4-6-12/h2-7,9-10,16,22H,8H2,1H3. The van der Waals surface area contributed by atoms with E-state index in [-0.39, 0.29) is 0 Å². The molecule has 0 radical (unpaired) electrons. The third-order valence-corrected chi connectivity index (χ3v) is 4.79. The average molecular weight is 325 g/mol. The minimum absolute atomic E-state index is 0.539. The van der Waals surface area contributed by atoms with E-state index < -0.39 is 6.10 Å². The van der Waals surface area contributed by atoms with Crippen LogP contribution in [0.25, 0.3) is 4.83 Å². The molecule has 6 nitrogen and oxygen atoms in total. The first-order valence-corrected chi connectivity index (χ1v) is 8.07. The number of aliphatic hydroxyl groups is 1. The van der Waals surface area contributed by atoms with E-state index in [1.165, 1.54) is 0 Å². The highest BCUT2D eigenvalue weighted by molar-refractivity contribution is 7.17. The summed E-state index contributed by atoms with van der Waals surface area (Å²) in [6.45, 7) is 2.62. The van der Waals surface area contributed by atoms with Crippen LogP contribution < -0.4 is 0 Å². The SMILES string of the molecule is Cc1sc2cncn2c1C(O)c1cn(Cc2ccccc2)nn1. The zero-order chi connectivity index (χ0) is 15.8. The third kappa shape index (κ3) is 2.54. The number of hydrogen-bond acceptors (Lipinski definition) is 5. The molecule has 0 spiro atoms. The van der Waals surface area contributed by atoms with E-state index in [1.54, 1.807) is 34.7 Å². The van der Waals surface area contributed by atoms with Gasteiger partial charge in [-0.25, -0.2) is 9.67 Å². The molecule has 0 aliphatic carbocycles. The summed E-state index contributed by atoms with van der Waals surface area (Å²) in [6.07, 6.45) is 4.48. The highest BCUT2D eigenvalue weighted by Gasteiger charge is 2.21. The summed E-state index contributed by atoms with van der Waals surface area (Å²) in [4.78, 5) is 6.18. The fourth-order valence-electron chi connectivity index (χ4n) is 2.67. The lowest BCUT2D eigenvalue weighted by atomic mass is 10.2. The second kappa shape index (κ2) is 5.60. The van der Waals surface area contributed by atoms with Gasteiger partial charge < -0.3 is 5.11 Å². The van der Waals surface area contributed by atoms with Gasteiger partial charge in [0, 0.05) is 4.88 Å². The monoisotopic (exact) mass is 325 g/mol. The maximum Gasteiger partial charge on any atom is 0.141 e. The molecular weight excluding hydrogens is 310 g/mol. The maximum atomic E-state index is 10.7. The quantitative estimate of drug-likeness (QED) is 0.626. The van der Waals surface area contributed by atoms with Gasteiger partial charge in [0.2, 0.25) is 0 Å². The number of nitrogens with zero attached hydrogens (tertiary/aromatic N) is 5. The van der Waals surface area contributed by atoms with Crippen molar-refractivity contribution in [1.82, 2.24) is 24.4 Å². The molecule has 0 amide bonds. The fourth-order valence-corrected chi connectivity index (χ4v) is 3.65. The van der Waals surface area contributed by atoms with Crippen LogP contribution in [0.15, 0.2) is 49.1 Å². The number of aliphatic hydroxyl groups excluding tert-OH is 1. The van der Waals surface area contributed by atoms with Crippen LogP contribution in [0.3, 0.4) is 0 Å². The molecule has 1 unspecified atom stereocenters. The van der Waals surface area contributed by atoms with Gasteiger partial charge in [-0.05, 0) is 12.5 Å². The molecule has 0 aliphatic heterocycles. The Balaban J connectivity index is 1.63. The van der Waals surface area contributed by atoms with Crippen LogP contribution in [0.1, 0.15) is 27.9 Å². The van der Waals surface area contributed by atoms with E-state index in [0.29, 0.717) is 12.2 Å². The summed E-state index contributed by atoms with van der Waals surface area (Å²) < 4.78 is 3.64. The van der Waals surface area contributed by atoms with Crippen molar-refractivity contribution < 1.29 is 5.11 Å². The van der Waals surface area contributed by atoms with Gasteiger partial charge in [-0.3, -0.25) is 4.40 Å². The molecule has 4 aromatic rings. The van der Waals surface area contributed by atoms with Gasteiger partial charge in [-0.1, -0.05) is 35.5 Å². The molecule has 1 atom stereocenters. The Morgan fingerprint density at radius 1 is 1.26 bits per heavy atom. The Kier molecular flexibility index (Phi) is 3.44. The molecule has 4 rings (SSSR count). The van der Waals surface area contributed by atoms with E-state index in [1.807, 2.05) is 41.7 Å². The second-order valence-corrected chi connectivity index (χ2v) is 6.61. The van der Waals surface area contributed by atoms with Crippen LogP contribution >= 0.6 is 11.3 Å². The van der Waals surface area contributed by atoms with Gasteiger partial charge in [0.15, 0.2) is 0 Å². The average Bonchev–Trinajstić information content (AvgIpc) is 3.24. The minimum atomic E-state index is -0.817. The number of fused-ring (bicyclic) bond motifs is 1. The molecule has 0 saturated carbocycles. The summed E-state index contributed by atoms with van der Waals surface area (Å²) in [5, 5.41) is 19.0. The number of imidazole rings is 1. The predicted octanol–water partition coefficient (Wildman–Crippen LogP) is 2.43. The molecule has 116 valence electrons. The lowest BCUT2D eigenvalue weighted by Gasteiger charge is -2.07. The first-order valence-electron chi connectivity index (χ1n) is 7.26. The van der Waals surface area contributed by atoms with Crippen LogP contribution in [-0.2, 0) is 6.54 Å². The lowest BCUT2D eigenvalue weighted by molar-refractivity contribution is 0.208. The van der Waals surface area contributed by atoms with Gasteiger partial charge in [0.1, 0.15) is 23.0 Å². The molecule has 0 saturated heterocycles. The molecule has 1 N–H and O–H groups in total. The number of aryl methyl sites for hydroxylation is 1. The highest BCUT2D eigenvalue weighted by atomic mass is 32.1. The minimum Gasteiger partial charge on any atom is -0.380 e. The Labute approximate surface area is 136 Å². The number of hydrogen-bond donors (Lipinski definition) is 1. The van der Waals surface area contributed by atoms with Gasteiger partial charge in [-0.15, -0.1) is 16.4 Å². The maximum absolute atomic E-state index is 10.7. The Morgan fingerprint density at radius 3 is 2.91 bits per heavy atom. The van der Waals surface area contributed by atoms with Crippen molar-refractivity contribution in [3.8, 4) is 0 Å². The fraction of sp³-hybridized carbons (Fsp3) is 0.188. The van der Waals surface area contributed by atoms with E-state index in [9.17, 15) is 5.11 Å². The first-order chi connectivity index (χ1) is 11.2. The summed E-state index contributed by atoms with van der Waals surface area (Å²) in [5.74, 6) is 0. The van der Waals surface area contributed by atoms with Crippen molar-refractivity contribution in [2.45, 2.75) is 19.6 Å². The third-order valence-electron chi connectivity index (χ3n) is 3.77.